The molecule has 1 atom stereocenters. The second kappa shape index (κ2) is 54.8. The van der Waals surface area contributed by atoms with Gasteiger partial charge in [-0.2, -0.15) is 0 Å². The van der Waals surface area contributed by atoms with Crippen LogP contribution in [0.3, 0.4) is 0 Å². The maximum Gasteiger partial charge on any atom is 0.306 e. The van der Waals surface area contributed by atoms with E-state index in [4.69, 9.17) is 14.2 Å². The molecule has 0 aromatic rings. The quantitative estimate of drug-likeness (QED) is 0.0262. The zero-order valence-electron chi connectivity index (χ0n) is 44.0. The Bertz CT molecular complexity index is 1010. The fourth-order valence-corrected chi connectivity index (χ4v) is 8.85. The van der Waals surface area contributed by atoms with Gasteiger partial charge in [0.15, 0.2) is 6.10 Å². The van der Waals surface area contributed by atoms with Crippen molar-refractivity contribution in [2.45, 2.75) is 335 Å². The summed E-state index contributed by atoms with van der Waals surface area (Å²) in [7, 11) is 0. The van der Waals surface area contributed by atoms with Crippen molar-refractivity contribution in [2.75, 3.05) is 13.2 Å². The third-order valence-electron chi connectivity index (χ3n) is 13.3. The maximum absolute atomic E-state index is 12.8. The van der Waals surface area contributed by atoms with Crippen molar-refractivity contribution >= 4 is 17.9 Å². The molecule has 0 rings (SSSR count). The molecule has 0 aromatic heterocycles. The Kier molecular flexibility index (Phi) is 53.2. The molecule has 0 radical (unpaired) electrons. The van der Waals surface area contributed by atoms with Crippen molar-refractivity contribution in [2.24, 2.45) is 0 Å². The van der Waals surface area contributed by atoms with Crippen molar-refractivity contribution in [3.63, 3.8) is 0 Å². The Morgan fingerprint density at radius 2 is 0.508 bits per heavy atom. The summed E-state index contributed by atoms with van der Waals surface area (Å²) in [6.07, 6.45) is 62.0. The van der Waals surface area contributed by atoms with E-state index in [2.05, 4.69) is 32.9 Å². The molecule has 6 nitrogen and oxygen atoms in total. The highest BCUT2D eigenvalue weighted by Crippen LogP contribution is 2.17. The lowest BCUT2D eigenvalue weighted by Gasteiger charge is -2.18. The molecule has 0 aromatic carbocycles. The SMILES string of the molecule is CCCCCCCC/C=C\CCCCCCCCCC(=O)OC[C@@H](COC(=O)CCCCCCCCCCCCCCCCC)OC(=O)CCCCCCCCCCCCCCCCC. The second-order valence-corrected chi connectivity index (χ2v) is 19.9. The highest BCUT2D eigenvalue weighted by atomic mass is 16.6. The molecule has 0 spiro atoms. The van der Waals surface area contributed by atoms with Crippen LogP contribution in [0.15, 0.2) is 12.2 Å². The Morgan fingerprint density at radius 3 is 0.769 bits per heavy atom. The Morgan fingerprint density at radius 1 is 0.292 bits per heavy atom. The third-order valence-corrected chi connectivity index (χ3v) is 13.3. The maximum atomic E-state index is 12.8. The van der Waals surface area contributed by atoms with E-state index in [9.17, 15) is 14.4 Å². The van der Waals surface area contributed by atoms with E-state index in [0.29, 0.717) is 19.3 Å². The molecule has 6 heteroatoms. The molecule has 0 fully saturated rings. The topological polar surface area (TPSA) is 78.9 Å². The van der Waals surface area contributed by atoms with Gasteiger partial charge in [0.25, 0.3) is 0 Å². The van der Waals surface area contributed by atoms with Gasteiger partial charge in [-0.15, -0.1) is 0 Å². The van der Waals surface area contributed by atoms with Gasteiger partial charge in [-0.05, 0) is 44.9 Å². The lowest BCUT2D eigenvalue weighted by atomic mass is 10.0. The monoisotopic (exact) mass is 917 g/mol. The van der Waals surface area contributed by atoms with Crippen LogP contribution in [0, 0.1) is 0 Å². The Balaban J connectivity index is 4.31. The second-order valence-electron chi connectivity index (χ2n) is 19.9. The van der Waals surface area contributed by atoms with E-state index in [1.54, 1.807) is 0 Å². The van der Waals surface area contributed by atoms with Crippen LogP contribution in [-0.2, 0) is 28.6 Å². The van der Waals surface area contributed by atoms with Crippen LogP contribution in [0.5, 0.6) is 0 Å². The van der Waals surface area contributed by atoms with Gasteiger partial charge in [-0.25, -0.2) is 0 Å². The minimum Gasteiger partial charge on any atom is -0.462 e. The highest BCUT2D eigenvalue weighted by Gasteiger charge is 2.19. The number of carbonyl (C=O) groups excluding carboxylic acids is 3. The zero-order chi connectivity index (χ0) is 47.2. The van der Waals surface area contributed by atoms with Crippen LogP contribution >= 0.6 is 0 Å². The number of allylic oxidation sites excluding steroid dienone is 2. The first-order valence-electron chi connectivity index (χ1n) is 29.2. The van der Waals surface area contributed by atoms with Crippen molar-refractivity contribution < 1.29 is 28.6 Å². The van der Waals surface area contributed by atoms with Gasteiger partial charge < -0.3 is 14.2 Å². The first kappa shape index (κ1) is 63.1. The summed E-state index contributed by atoms with van der Waals surface area (Å²) in [4.78, 5) is 38.1. The van der Waals surface area contributed by atoms with E-state index in [1.807, 2.05) is 0 Å². The number of hydrogen-bond acceptors (Lipinski definition) is 6. The molecular weight excluding hydrogens is 805 g/mol. The van der Waals surface area contributed by atoms with Gasteiger partial charge in [0.1, 0.15) is 13.2 Å². The fourth-order valence-electron chi connectivity index (χ4n) is 8.85. The molecule has 65 heavy (non-hydrogen) atoms. The van der Waals surface area contributed by atoms with Crippen LogP contribution in [0.1, 0.15) is 329 Å². The van der Waals surface area contributed by atoms with Gasteiger partial charge in [0, 0.05) is 19.3 Å². The Hall–Kier alpha value is -1.85. The predicted octanol–water partition coefficient (Wildman–Crippen LogP) is 19.3. The standard InChI is InChI=1S/C59H112O6/c1-4-7-10-13-16-19-22-25-28-29-32-34-37-40-43-46-49-52-58(61)64-55-56(65-59(62)53-50-47-44-41-38-35-31-27-24-21-18-15-12-9-6-3)54-63-57(60)51-48-45-42-39-36-33-30-26-23-20-17-14-11-8-5-2/h25,28,56H,4-24,26-27,29-55H2,1-3H3/b28-25-/t56-/m1/s1. The van der Waals surface area contributed by atoms with Gasteiger partial charge in [-0.1, -0.05) is 277 Å². The molecule has 0 N–H and O–H groups in total. The number of carbonyl (C=O) groups is 3. The summed E-state index contributed by atoms with van der Waals surface area (Å²) in [5.41, 5.74) is 0. The predicted molar refractivity (Wildman–Crippen MR) is 280 cm³/mol. The number of ether oxygens (including phenoxy) is 3. The summed E-state index contributed by atoms with van der Waals surface area (Å²) in [5, 5.41) is 0. The molecule has 0 heterocycles. The first-order valence-corrected chi connectivity index (χ1v) is 29.2. The molecule has 0 unspecified atom stereocenters. The van der Waals surface area contributed by atoms with E-state index in [-0.39, 0.29) is 31.1 Å². The van der Waals surface area contributed by atoms with Crippen molar-refractivity contribution in [3.05, 3.63) is 12.2 Å². The van der Waals surface area contributed by atoms with Crippen molar-refractivity contribution in [3.8, 4) is 0 Å². The van der Waals surface area contributed by atoms with Crippen LogP contribution in [0.4, 0.5) is 0 Å². The highest BCUT2D eigenvalue weighted by molar-refractivity contribution is 5.71. The average molecular weight is 918 g/mol. The van der Waals surface area contributed by atoms with Crippen molar-refractivity contribution in [1.29, 1.82) is 0 Å². The van der Waals surface area contributed by atoms with Gasteiger partial charge in [-0.3, -0.25) is 14.4 Å². The van der Waals surface area contributed by atoms with Crippen LogP contribution in [-0.4, -0.2) is 37.2 Å². The molecule has 0 aliphatic carbocycles. The number of esters is 3. The first-order chi connectivity index (χ1) is 32.0. The molecule has 0 amide bonds. The third kappa shape index (κ3) is 53.0. The number of rotatable bonds is 54. The molecule has 0 saturated carbocycles. The van der Waals surface area contributed by atoms with Crippen LogP contribution < -0.4 is 0 Å². The van der Waals surface area contributed by atoms with Crippen LogP contribution in [0.2, 0.25) is 0 Å². The van der Waals surface area contributed by atoms with E-state index < -0.39 is 6.10 Å². The average Bonchev–Trinajstić information content (AvgIpc) is 3.30. The summed E-state index contributed by atoms with van der Waals surface area (Å²) in [6.45, 7) is 6.69. The smallest absolute Gasteiger partial charge is 0.306 e. The summed E-state index contributed by atoms with van der Waals surface area (Å²) < 4.78 is 16.9. The summed E-state index contributed by atoms with van der Waals surface area (Å²) in [5.74, 6) is -0.844. The molecule has 0 bridgehead atoms. The lowest BCUT2D eigenvalue weighted by Crippen LogP contribution is -2.30. The van der Waals surface area contributed by atoms with Gasteiger partial charge in [0.2, 0.25) is 0 Å². The lowest BCUT2D eigenvalue weighted by molar-refractivity contribution is -0.167. The Labute approximate surface area is 405 Å². The minimum atomic E-state index is -0.766. The number of hydrogen-bond donors (Lipinski definition) is 0. The van der Waals surface area contributed by atoms with Crippen molar-refractivity contribution in [1.82, 2.24) is 0 Å². The molecule has 0 aliphatic heterocycles. The summed E-state index contributed by atoms with van der Waals surface area (Å²) in [6, 6.07) is 0. The molecule has 0 saturated heterocycles. The fraction of sp³-hybridized carbons (Fsp3) is 0.915. The van der Waals surface area contributed by atoms with E-state index in [1.165, 1.54) is 231 Å². The van der Waals surface area contributed by atoms with E-state index in [0.717, 1.165) is 57.8 Å². The number of unbranched alkanes of at least 4 members (excludes halogenated alkanes) is 41. The van der Waals surface area contributed by atoms with Crippen LogP contribution in [0.25, 0.3) is 0 Å². The largest absolute Gasteiger partial charge is 0.462 e. The normalized spacial score (nSPS) is 12.0. The molecule has 0 aliphatic rings. The summed E-state index contributed by atoms with van der Waals surface area (Å²) >= 11 is 0. The minimum absolute atomic E-state index is 0.0651. The zero-order valence-corrected chi connectivity index (χ0v) is 44.0. The molecular formula is C59H112O6. The molecule has 384 valence electrons. The van der Waals surface area contributed by atoms with Gasteiger partial charge >= 0.3 is 17.9 Å². The van der Waals surface area contributed by atoms with E-state index >= 15 is 0 Å². The van der Waals surface area contributed by atoms with Gasteiger partial charge in [0.05, 0.1) is 0 Å².